The monoisotopic (exact) mass is 330 g/mol. The Morgan fingerprint density at radius 2 is 2.04 bits per heavy atom. The van der Waals surface area contributed by atoms with E-state index in [1.54, 1.807) is 29.2 Å². The molecular formula is C17H15ClN2O3. The van der Waals surface area contributed by atoms with Crippen LogP contribution in [0, 0.1) is 0 Å². The van der Waals surface area contributed by atoms with Crippen molar-refractivity contribution in [1.82, 2.24) is 0 Å². The second-order valence-corrected chi connectivity index (χ2v) is 5.75. The van der Waals surface area contributed by atoms with E-state index in [1.807, 2.05) is 0 Å². The Hall–Kier alpha value is -2.53. The fourth-order valence-corrected chi connectivity index (χ4v) is 2.71. The maximum absolute atomic E-state index is 12.4. The number of carbonyl (C=O) groups is 2. The van der Waals surface area contributed by atoms with Gasteiger partial charge in [-0.1, -0.05) is 17.7 Å². The van der Waals surface area contributed by atoms with E-state index >= 15 is 0 Å². The summed E-state index contributed by atoms with van der Waals surface area (Å²) in [6.45, 7) is 0.666. The molecule has 0 aliphatic carbocycles. The molecule has 0 radical (unpaired) electrons. The summed E-state index contributed by atoms with van der Waals surface area (Å²) >= 11 is 5.87. The highest BCUT2D eigenvalue weighted by molar-refractivity contribution is 6.31. The minimum atomic E-state index is -0.379. The van der Waals surface area contributed by atoms with Crippen LogP contribution in [0.25, 0.3) is 0 Å². The molecular weight excluding hydrogens is 316 g/mol. The van der Waals surface area contributed by atoms with E-state index in [4.69, 9.17) is 11.6 Å². The van der Waals surface area contributed by atoms with E-state index in [0.29, 0.717) is 29.2 Å². The van der Waals surface area contributed by atoms with Gasteiger partial charge in [-0.05, 0) is 42.8 Å². The molecule has 6 heteroatoms. The molecule has 0 aromatic heterocycles. The Labute approximate surface area is 138 Å². The Kier molecular flexibility index (Phi) is 4.21. The standard InChI is InChI=1S/C17H15ClN2O3/c18-12-6-7-15(21)14(10-12)19-17(23)11-3-1-4-13(9-11)20-8-2-5-16(20)22/h1,3-4,6-7,9-10,21H,2,5,8H2,(H,19,23). The minimum absolute atomic E-state index is 0.0615. The van der Waals surface area contributed by atoms with Gasteiger partial charge >= 0.3 is 0 Å². The smallest absolute Gasteiger partial charge is 0.255 e. The number of phenolic OH excluding ortho intramolecular Hbond substituents is 1. The van der Waals surface area contributed by atoms with Crippen LogP contribution in [0.5, 0.6) is 5.75 Å². The second kappa shape index (κ2) is 6.30. The van der Waals surface area contributed by atoms with E-state index < -0.39 is 0 Å². The lowest BCUT2D eigenvalue weighted by Crippen LogP contribution is -2.24. The third-order valence-electron chi connectivity index (χ3n) is 3.70. The highest BCUT2D eigenvalue weighted by Crippen LogP contribution is 2.28. The van der Waals surface area contributed by atoms with Crippen LogP contribution < -0.4 is 10.2 Å². The van der Waals surface area contributed by atoms with Gasteiger partial charge in [-0.2, -0.15) is 0 Å². The molecule has 1 saturated heterocycles. The third kappa shape index (κ3) is 3.29. The SMILES string of the molecule is O=C(Nc1cc(Cl)ccc1O)c1cccc(N2CCCC2=O)c1. The Morgan fingerprint density at radius 3 is 2.78 bits per heavy atom. The fourth-order valence-electron chi connectivity index (χ4n) is 2.54. The number of amides is 2. The minimum Gasteiger partial charge on any atom is -0.506 e. The number of carbonyl (C=O) groups excluding carboxylic acids is 2. The molecule has 1 fully saturated rings. The number of benzene rings is 2. The highest BCUT2D eigenvalue weighted by Gasteiger charge is 2.22. The summed E-state index contributed by atoms with van der Waals surface area (Å²) in [5, 5.41) is 12.8. The van der Waals surface area contributed by atoms with E-state index in [-0.39, 0.29) is 23.3 Å². The molecule has 118 valence electrons. The number of phenols is 1. The molecule has 0 bridgehead atoms. The van der Waals surface area contributed by atoms with Gasteiger partial charge in [-0.15, -0.1) is 0 Å². The van der Waals surface area contributed by atoms with Crippen LogP contribution in [-0.4, -0.2) is 23.5 Å². The normalized spacial score (nSPS) is 14.1. The third-order valence-corrected chi connectivity index (χ3v) is 3.94. The lowest BCUT2D eigenvalue weighted by molar-refractivity contribution is -0.117. The molecule has 2 N–H and O–H groups in total. The first-order chi connectivity index (χ1) is 11.0. The highest BCUT2D eigenvalue weighted by atomic mass is 35.5. The maximum atomic E-state index is 12.4. The summed E-state index contributed by atoms with van der Waals surface area (Å²) in [5.41, 5.74) is 1.35. The molecule has 1 aliphatic rings. The van der Waals surface area contributed by atoms with Crippen LogP contribution in [-0.2, 0) is 4.79 Å². The molecule has 2 amide bonds. The lowest BCUT2D eigenvalue weighted by atomic mass is 10.1. The molecule has 2 aromatic rings. The van der Waals surface area contributed by atoms with Gasteiger partial charge in [0.25, 0.3) is 5.91 Å². The van der Waals surface area contributed by atoms with Gasteiger partial charge in [0.15, 0.2) is 0 Å². The Balaban J connectivity index is 1.82. The van der Waals surface area contributed by atoms with Gasteiger partial charge in [0.1, 0.15) is 5.75 Å². The first-order valence-electron chi connectivity index (χ1n) is 7.25. The van der Waals surface area contributed by atoms with Crippen molar-refractivity contribution in [3.8, 4) is 5.75 Å². The van der Waals surface area contributed by atoms with Crippen molar-refractivity contribution in [2.24, 2.45) is 0 Å². The number of nitrogens with one attached hydrogen (secondary N) is 1. The van der Waals surface area contributed by atoms with Gasteiger partial charge in [0.2, 0.25) is 5.91 Å². The van der Waals surface area contributed by atoms with Crippen molar-refractivity contribution in [3.63, 3.8) is 0 Å². The van der Waals surface area contributed by atoms with Crippen molar-refractivity contribution in [1.29, 1.82) is 0 Å². The molecule has 0 atom stereocenters. The molecule has 1 heterocycles. The van der Waals surface area contributed by atoms with Crippen molar-refractivity contribution < 1.29 is 14.7 Å². The number of anilines is 2. The van der Waals surface area contributed by atoms with Crippen LogP contribution in [0.1, 0.15) is 23.2 Å². The van der Waals surface area contributed by atoms with Crippen molar-refractivity contribution in [3.05, 3.63) is 53.1 Å². The molecule has 3 rings (SSSR count). The van der Waals surface area contributed by atoms with E-state index in [0.717, 1.165) is 6.42 Å². The summed E-state index contributed by atoms with van der Waals surface area (Å²) < 4.78 is 0. The number of hydrogen-bond donors (Lipinski definition) is 2. The largest absolute Gasteiger partial charge is 0.506 e. The predicted octanol–water partition coefficient (Wildman–Crippen LogP) is 3.42. The predicted molar refractivity (Wildman–Crippen MR) is 89.1 cm³/mol. The second-order valence-electron chi connectivity index (χ2n) is 5.31. The van der Waals surface area contributed by atoms with Crippen LogP contribution in [0.2, 0.25) is 5.02 Å². The summed E-state index contributed by atoms with van der Waals surface area (Å²) in [5.74, 6) is -0.375. The molecule has 0 saturated carbocycles. The summed E-state index contributed by atoms with van der Waals surface area (Å²) in [4.78, 5) is 25.8. The first kappa shape index (κ1) is 15.4. The lowest BCUT2D eigenvalue weighted by Gasteiger charge is -2.16. The van der Waals surface area contributed by atoms with E-state index in [9.17, 15) is 14.7 Å². The number of nitrogens with zero attached hydrogens (tertiary/aromatic N) is 1. The summed E-state index contributed by atoms with van der Waals surface area (Å²) in [6.07, 6.45) is 1.36. The van der Waals surface area contributed by atoms with E-state index in [1.165, 1.54) is 18.2 Å². The molecule has 1 aliphatic heterocycles. The molecule has 0 spiro atoms. The fraction of sp³-hybridized carbons (Fsp3) is 0.176. The number of rotatable bonds is 3. The maximum Gasteiger partial charge on any atom is 0.255 e. The average molecular weight is 331 g/mol. The van der Waals surface area contributed by atoms with Crippen LogP contribution >= 0.6 is 11.6 Å². The van der Waals surface area contributed by atoms with Crippen molar-refractivity contribution in [2.75, 3.05) is 16.8 Å². The topological polar surface area (TPSA) is 69.6 Å². The summed E-state index contributed by atoms with van der Waals surface area (Å²) in [7, 11) is 0. The van der Waals surface area contributed by atoms with Gasteiger partial charge in [-0.25, -0.2) is 0 Å². The van der Waals surface area contributed by atoms with Crippen molar-refractivity contribution in [2.45, 2.75) is 12.8 Å². The van der Waals surface area contributed by atoms with Gasteiger partial charge in [-0.3, -0.25) is 9.59 Å². The number of halogens is 1. The molecule has 5 nitrogen and oxygen atoms in total. The van der Waals surface area contributed by atoms with Gasteiger partial charge in [0, 0.05) is 29.2 Å². The quantitative estimate of drug-likeness (QED) is 0.847. The average Bonchev–Trinajstić information content (AvgIpc) is 2.97. The van der Waals surface area contributed by atoms with Gasteiger partial charge in [0.05, 0.1) is 5.69 Å². The Morgan fingerprint density at radius 1 is 1.22 bits per heavy atom. The van der Waals surface area contributed by atoms with Crippen LogP contribution in [0.15, 0.2) is 42.5 Å². The van der Waals surface area contributed by atoms with Crippen LogP contribution in [0.4, 0.5) is 11.4 Å². The zero-order valence-corrected chi connectivity index (χ0v) is 13.0. The van der Waals surface area contributed by atoms with E-state index in [2.05, 4.69) is 5.32 Å². The number of aromatic hydroxyl groups is 1. The molecule has 0 unspecified atom stereocenters. The Bertz CT molecular complexity index is 776. The number of hydrogen-bond acceptors (Lipinski definition) is 3. The van der Waals surface area contributed by atoms with Crippen LogP contribution in [0.3, 0.4) is 0 Å². The summed E-state index contributed by atoms with van der Waals surface area (Å²) in [6, 6.07) is 11.3. The molecule has 23 heavy (non-hydrogen) atoms. The van der Waals surface area contributed by atoms with Gasteiger partial charge < -0.3 is 15.3 Å². The zero-order valence-electron chi connectivity index (χ0n) is 12.3. The first-order valence-corrected chi connectivity index (χ1v) is 7.63. The molecule has 2 aromatic carbocycles. The van der Waals surface area contributed by atoms with Crippen molar-refractivity contribution >= 4 is 34.8 Å². The zero-order chi connectivity index (χ0) is 16.4.